The van der Waals surface area contributed by atoms with E-state index in [4.69, 9.17) is 21.4 Å². The largest absolute Gasteiger partial charge is 0.394 e. The molecule has 0 fully saturated rings. The van der Waals surface area contributed by atoms with Crippen molar-refractivity contribution in [1.82, 2.24) is 9.55 Å². The lowest BCUT2D eigenvalue weighted by Gasteiger charge is -2.13. The number of ether oxygens (including phenoxy) is 1. The Bertz CT molecular complexity index is 1010. The Labute approximate surface area is 168 Å². The van der Waals surface area contributed by atoms with Gasteiger partial charge in [0.05, 0.1) is 25.1 Å². The average molecular weight is 456 g/mol. The van der Waals surface area contributed by atoms with Crippen LogP contribution in [0.15, 0.2) is 35.1 Å². The lowest BCUT2D eigenvalue weighted by molar-refractivity contribution is 0.0663. The van der Waals surface area contributed by atoms with Gasteiger partial charge < -0.3 is 14.4 Å². The number of aliphatic hydroxyl groups excluding tert-OH is 1. The number of aliphatic hydroxyl groups is 1. The molecule has 0 aliphatic heterocycles. The molecule has 1 N–H and O–H groups in total. The van der Waals surface area contributed by atoms with Crippen molar-refractivity contribution in [2.75, 3.05) is 19.8 Å². The van der Waals surface area contributed by atoms with Crippen LogP contribution in [0.4, 0.5) is 4.39 Å². The number of Topliss-reactive ketones (excluding diaryl/α,β-unsaturated/α-hetero) is 1. The number of carbonyl (C=O) groups excluding carboxylic acids is 1. The van der Waals surface area contributed by atoms with Crippen molar-refractivity contribution in [3.05, 3.63) is 62.6 Å². The van der Waals surface area contributed by atoms with E-state index in [1.807, 2.05) is 6.07 Å². The van der Waals surface area contributed by atoms with E-state index in [9.17, 15) is 4.79 Å². The molecule has 0 amide bonds. The van der Waals surface area contributed by atoms with Crippen molar-refractivity contribution in [3.63, 3.8) is 0 Å². The molecular formula is C19H17BrClFN2O3. The van der Waals surface area contributed by atoms with Crippen LogP contribution in [0.5, 0.6) is 0 Å². The Morgan fingerprint density at radius 1 is 1.41 bits per heavy atom. The molecule has 0 radical (unpaired) electrons. The molecule has 0 aliphatic carbocycles. The molecule has 1 aromatic heterocycles. The molecule has 0 saturated carbocycles. The highest BCUT2D eigenvalue weighted by molar-refractivity contribution is 9.10. The van der Waals surface area contributed by atoms with Crippen LogP contribution >= 0.6 is 27.5 Å². The number of imidazole rings is 1. The van der Waals surface area contributed by atoms with Gasteiger partial charge in [0, 0.05) is 34.1 Å². The lowest BCUT2D eigenvalue weighted by Crippen LogP contribution is -2.15. The van der Waals surface area contributed by atoms with Gasteiger partial charge in [0.2, 0.25) is 0 Å². The smallest absolute Gasteiger partial charge is 0.188 e. The summed E-state index contributed by atoms with van der Waals surface area (Å²) >= 11 is 9.62. The van der Waals surface area contributed by atoms with Crippen LogP contribution in [0.25, 0.3) is 11.0 Å². The molecule has 0 atom stereocenters. The molecule has 0 aliphatic rings. The summed E-state index contributed by atoms with van der Waals surface area (Å²) in [5, 5.41) is 9.29. The zero-order chi connectivity index (χ0) is 19.6. The summed E-state index contributed by atoms with van der Waals surface area (Å²) in [4.78, 5) is 16.8. The second-order valence-electron chi connectivity index (χ2n) is 6.05. The second-order valence-corrected chi connectivity index (χ2v) is 7.37. The summed E-state index contributed by atoms with van der Waals surface area (Å²) in [5.74, 6) is -0.911. The number of hydrogen-bond acceptors (Lipinski definition) is 4. The van der Waals surface area contributed by atoms with E-state index in [2.05, 4.69) is 20.9 Å². The predicted molar refractivity (Wildman–Crippen MR) is 105 cm³/mol. The lowest BCUT2D eigenvalue weighted by atomic mass is 9.95. The SMILES string of the molecule is Cn1cnc2c(F)c(Cc3ccc(Br)cc3Cl)c(C(=O)COCCO)cc21. The van der Waals surface area contributed by atoms with Crippen molar-refractivity contribution in [2.45, 2.75) is 6.42 Å². The Morgan fingerprint density at radius 2 is 2.19 bits per heavy atom. The van der Waals surface area contributed by atoms with Crippen LogP contribution in [-0.4, -0.2) is 40.3 Å². The van der Waals surface area contributed by atoms with Crippen molar-refractivity contribution in [1.29, 1.82) is 0 Å². The minimum absolute atomic E-state index is 0.0377. The van der Waals surface area contributed by atoms with Crippen molar-refractivity contribution >= 4 is 44.3 Å². The summed E-state index contributed by atoms with van der Waals surface area (Å²) < 4.78 is 22.8. The number of carbonyl (C=O) groups is 1. The fraction of sp³-hybridized carbons (Fsp3) is 0.263. The van der Waals surface area contributed by atoms with E-state index in [1.54, 1.807) is 29.8 Å². The molecule has 27 heavy (non-hydrogen) atoms. The average Bonchev–Trinajstić information content (AvgIpc) is 3.00. The van der Waals surface area contributed by atoms with Crippen LogP contribution in [0.3, 0.4) is 0 Å². The maximum atomic E-state index is 15.2. The van der Waals surface area contributed by atoms with Gasteiger partial charge in [-0.1, -0.05) is 33.6 Å². The molecule has 8 heteroatoms. The van der Waals surface area contributed by atoms with Crippen molar-refractivity contribution in [2.24, 2.45) is 7.05 Å². The minimum Gasteiger partial charge on any atom is -0.394 e. The Kier molecular flexibility index (Phi) is 6.26. The van der Waals surface area contributed by atoms with Gasteiger partial charge in [-0.2, -0.15) is 0 Å². The summed E-state index contributed by atoms with van der Waals surface area (Å²) in [6.07, 6.45) is 1.65. The van der Waals surface area contributed by atoms with E-state index in [-0.39, 0.29) is 48.7 Å². The Morgan fingerprint density at radius 3 is 2.89 bits per heavy atom. The standard InChI is InChI=1S/C19H17BrClFN2O3/c1-24-10-23-19-16(24)8-13(17(26)9-27-5-4-25)14(18(19)22)6-11-2-3-12(20)7-15(11)21/h2-3,7-8,10,25H,4-6,9H2,1H3. The zero-order valence-electron chi connectivity index (χ0n) is 14.5. The number of hydrogen-bond donors (Lipinski definition) is 1. The highest BCUT2D eigenvalue weighted by Crippen LogP contribution is 2.29. The molecule has 3 rings (SSSR count). The van der Waals surface area contributed by atoms with Crippen molar-refractivity contribution in [3.8, 4) is 0 Å². The van der Waals surface area contributed by atoms with Gasteiger partial charge in [-0.25, -0.2) is 9.37 Å². The van der Waals surface area contributed by atoms with Crippen LogP contribution in [-0.2, 0) is 18.2 Å². The molecule has 5 nitrogen and oxygen atoms in total. The number of nitrogens with zero attached hydrogens (tertiary/aromatic N) is 2. The Balaban J connectivity index is 2.09. The predicted octanol–water partition coefficient (Wildman–Crippen LogP) is 3.91. The van der Waals surface area contributed by atoms with E-state index >= 15 is 4.39 Å². The zero-order valence-corrected chi connectivity index (χ0v) is 16.8. The maximum absolute atomic E-state index is 15.2. The summed E-state index contributed by atoms with van der Waals surface area (Å²) in [7, 11) is 1.73. The van der Waals surface area contributed by atoms with Crippen LogP contribution in [0.1, 0.15) is 21.5 Å². The number of aryl methyl sites for hydroxylation is 1. The molecule has 0 saturated heterocycles. The van der Waals surface area contributed by atoms with Gasteiger partial charge in [0.1, 0.15) is 12.1 Å². The van der Waals surface area contributed by atoms with E-state index in [0.717, 1.165) is 4.47 Å². The summed E-state index contributed by atoms with van der Waals surface area (Å²) in [6, 6.07) is 6.94. The number of halogens is 3. The molecule has 1 heterocycles. The van der Waals surface area contributed by atoms with Crippen LogP contribution < -0.4 is 0 Å². The van der Waals surface area contributed by atoms with Crippen LogP contribution in [0.2, 0.25) is 5.02 Å². The number of aromatic nitrogens is 2. The number of benzene rings is 2. The third kappa shape index (κ3) is 4.21. The third-order valence-corrected chi connectivity index (χ3v) is 5.06. The first-order valence-electron chi connectivity index (χ1n) is 8.20. The minimum atomic E-state index is -0.544. The maximum Gasteiger partial charge on any atom is 0.188 e. The van der Waals surface area contributed by atoms with E-state index < -0.39 is 5.82 Å². The number of rotatable bonds is 7. The van der Waals surface area contributed by atoms with Gasteiger partial charge in [-0.3, -0.25) is 4.79 Å². The topological polar surface area (TPSA) is 64.4 Å². The van der Waals surface area contributed by atoms with E-state index in [0.29, 0.717) is 16.1 Å². The first kappa shape index (κ1) is 19.9. The molecule has 0 bridgehead atoms. The fourth-order valence-electron chi connectivity index (χ4n) is 2.85. The van der Waals surface area contributed by atoms with Gasteiger partial charge in [0.15, 0.2) is 11.6 Å². The first-order chi connectivity index (χ1) is 12.9. The van der Waals surface area contributed by atoms with Gasteiger partial charge in [-0.05, 0) is 23.8 Å². The monoisotopic (exact) mass is 454 g/mol. The second kappa shape index (κ2) is 8.48. The normalized spacial score (nSPS) is 11.3. The molecule has 0 unspecified atom stereocenters. The van der Waals surface area contributed by atoms with Crippen LogP contribution in [0, 0.1) is 5.82 Å². The fourth-order valence-corrected chi connectivity index (χ4v) is 3.59. The summed E-state index contributed by atoms with van der Waals surface area (Å²) in [5.41, 5.74) is 1.86. The molecule has 142 valence electrons. The van der Waals surface area contributed by atoms with Gasteiger partial charge >= 0.3 is 0 Å². The van der Waals surface area contributed by atoms with E-state index in [1.165, 1.54) is 6.33 Å². The molecule has 3 aromatic rings. The molecule has 2 aromatic carbocycles. The third-order valence-electron chi connectivity index (χ3n) is 4.21. The van der Waals surface area contributed by atoms with Gasteiger partial charge in [-0.15, -0.1) is 0 Å². The molecular weight excluding hydrogens is 439 g/mol. The summed E-state index contributed by atoms with van der Waals surface area (Å²) in [6.45, 7) is -0.399. The first-order valence-corrected chi connectivity index (χ1v) is 9.37. The quantitative estimate of drug-likeness (QED) is 0.433. The van der Waals surface area contributed by atoms with Gasteiger partial charge in [0.25, 0.3) is 0 Å². The highest BCUT2D eigenvalue weighted by Gasteiger charge is 2.22. The highest BCUT2D eigenvalue weighted by atomic mass is 79.9. The Hall–Kier alpha value is -1.80. The number of fused-ring (bicyclic) bond motifs is 1. The van der Waals surface area contributed by atoms with Crippen molar-refractivity contribution < 1.29 is 19.0 Å². The number of ketones is 1. The molecule has 0 spiro atoms.